The Kier molecular flexibility index (Phi) is 4.39. The number of rotatable bonds is 4. The summed E-state index contributed by atoms with van der Waals surface area (Å²) in [5.74, 6) is -0.309. The Morgan fingerprint density at radius 3 is 2.52 bits per heavy atom. The Bertz CT molecular complexity index is 841. The molecule has 2 aromatic rings. The van der Waals surface area contributed by atoms with Crippen LogP contribution in [0.15, 0.2) is 42.5 Å². The highest BCUT2D eigenvalue weighted by atomic mass is 35.5. The lowest BCUT2D eigenvalue weighted by Crippen LogP contribution is -2.40. The third kappa shape index (κ3) is 3.05. The largest absolute Gasteiger partial charge is 0.496 e. The molecule has 1 atom stereocenters. The van der Waals surface area contributed by atoms with Gasteiger partial charge in [0, 0.05) is 10.6 Å². The minimum Gasteiger partial charge on any atom is -0.496 e. The van der Waals surface area contributed by atoms with Crippen LogP contribution in [0.3, 0.4) is 0 Å². The molecule has 0 bridgehead atoms. The van der Waals surface area contributed by atoms with Gasteiger partial charge in [0.05, 0.1) is 13.7 Å². The monoisotopic (exact) mass is 362 g/mol. The number of halogens is 2. The molecule has 25 heavy (non-hydrogen) atoms. The molecule has 0 aliphatic carbocycles. The highest BCUT2D eigenvalue weighted by Gasteiger charge is 2.49. The number of benzene rings is 2. The van der Waals surface area contributed by atoms with Crippen LogP contribution in [0.5, 0.6) is 5.75 Å². The lowest BCUT2D eigenvalue weighted by molar-refractivity contribution is -0.131. The van der Waals surface area contributed by atoms with Gasteiger partial charge in [0.2, 0.25) is 0 Å². The van der Waals surface area contributed by atoms with Gasteiger partial charge in [-0.05, 0) is 42.8 Å². The van der Waals surface area contributed by atoms with E-state index in [1.54, 1.807) is 25.1 Å². The SMILES string of the molecule is COc1ccc(Cl)cc1CN1C(=O)NC(C)(c2ccc(F)cc2)C1=O. The molecule has 1 unspecified atom stereocenters. The summed E-state index contributed by atoms with van der Waals surface area (Å²) in [6, 6.07) is 9.93. The van der Waals surface area contributed by atoms with Crippen molar-refractivity contribution in [3.05, 3.63) is 64.4 Å². The van der Waals surface area contributed by atoms with Gasteiger partial charge < -0.3 is 10.1 Å². The summed E-state index contributed by atoms with van der Waals surface area (Å²) in [5, 5.41) is 3.16. The van der Waals surface area contributed by atoms with Crippen LogP contribution in [0.2, 0.25) is 5.02 Å². The van der Waals surface area contributed by atoms with Gasteiger partial charge in [-0.25, -0.2) is 9.18 Å². The number of methoxy groups -OCH3 is 1. The molecule has 0 spiro atoms. The standard InChI is InChI=1S/C18H16ClFN2O3/c1-18(12-3-6-14(20)7-4-12)16(23)22(17(24)21-18)10-11-9-13(19)5-8-15(11)25-2/h3-9H,10H2,1-2H3,(H,21,24). The first-order chi connectivity index (χ1) is 11.8. The summed E-state index contributed by atoms with van der Waals surface area (Å²) in [7, 11) is 1.50. The first-order valence-corrected chi connectivity index (χ1v) is 7.95. The van der Waals surface area contributed by atoms with Gasteiger partial charge >= 0.3 is 6.03 Å². The fraction of sp³-hybridized carbons (Fsp3) is 0.222. The Morgan fingerprint density at radius 2 is 1.88 bits per heavy atom. The molecule has 0 aromatic heterocycles. The van der Waals surface area contributed by atoms with E-state index < -0.39 is 23.3 Å². The van der Waals surface area contributed by atoms with Crippen LogP contribution in [-0.2, 0) is 16.9 Å². The van der Waals surface area contributed by atoms with E-state index in [-0.39, 0.29) is 6.54 Å². The summed E-state index contributed by atoms with van der Waals surface area (Å²) < 4.78 is 18.4. The van der Waals surface area contributed by atoms with E-state index in [1.807, 2.05) is 0 Å². The molecule has 2 aromatic carbocycles. The molecule has 7 heteroatoms. The van der Waals surface area contributed by atoms with Crippen molar-refractivity contribution >= 4 is 23.5 Å². The second kappa shape index (κ2) is 6.37. The summed E-state index contributed by atoms with van der Waals surface area (Å²) in [6.45, 7) is 1.61. The van der Waals surface area contributed by atoms with E-state index in [9.17, 15) is 14.0 Å². The number of carbonyl (C=O) groups excluding carboxylic acids is 2. The van der Waals surface area contributed by atoms with Crippen LogP contribution >= 0.6 is 11.6 Å². The van der Waals surface area contributed by atoms with Crippen LogP contribution in [0, 0.1) is 5.82 Å². The normalized spacial score (nSPS) is 19.9. The van der Waals surface area contributed by atoms with Gasteiger partial charge in [-0.2, -0.15) is 0 Å². The van der Waals surface area contributed by atoms with Crippen molar-refractivity contribution < 1.29 is 18.7 Å². The molecule has 1 aliphatic heterocycles. The van der Waals surface area contributed by atoms with Crippen LogP contribution in [-0.4, -0.2) is 23.9 Å². The molecule has 1 aliphatic rings. The minimum absolute atomic E-state index is 0.0190. The minimum atomic E-state index is -1.25. The summed E-state index contributed by atoms with van der Waals surface area (Å²) >= 11 is 6.00. The quantitative estimate of drug-likeness (QED) is 0.847. The summed E-state index contributed by atoms with van der Waals surface area (Å²) in [5.41, 5.74) is -0.133. The van der Waals surface area contributed by atoms with E-state index in [0.29, 0.717) is 21.9 Å². The number of amides is 3. The molecule has 3 rings (SSSR count). The van der Waals surface area contributed by atoms with Crippen molar-refractivity contribution in [1.82, 2.24) is 10.2 Å². The predicted molar refractivity (Wildman–Crippen MR) is 90.8 cm³/mol. The average molecular weight is 363 g/mol. The lowest BCUT2D eigenvalue weighted by atomic mass is 9.92. The average Bonchev–Trinajstić information content (AvgIpc) is 2.80. The Morgan fingerprint density at radius 1 is 1.20 bits per heavy atom. The number of hydrogen-bond acceptors (Lipinski definition) is 3. The van der Waals surface area contributed by atoms with Crippen LogP contribution < -0.4 is 10.1 Å². The summed E-state index contributed by atoms with van der Waals surface area (Å²) in [6.07, 6.45) is 0. The zero-order valence-electron chi connectivity index (χ0n) is 13.7. The summed E-state index contributed by atoms with van der Waals surface area (Å²) in [4.78, 5) is 26.4. The van der Waals surface area contributed by atoms with Gasteiger partial charge in [0.1, 0.15) is 17.1 Å². The maximum atomic E-state index is 13.1. The van der Waals surface area contributed by atoms with Gasteiger partial charge in [-0.3, -0.25) is 9.69 Å². The van der Waals surface area contributed by atoms with Gasteiger partial charge in [-0.1, -0.05) is 23.7 Å². The number of imide groups is 1. The molecule has 5 nitrogen and oxygen atoms in total. The first-order valence-electron chi connectivity index (χ1n) is 7.57. The van der Waals surface area contributed by atoms with Gasteiger partial charge in [-0.15, -0.1) is 0 Å². The molecule has 130 valence electrons. The zero-order chi connectivity index (χ0) is 18.2. The third-order valence-electron chi connectivity index (χ3n) is 4.27. The van der Waals surface area contributed by atoms with Crippen molar-refractivity contribution in [3.8, 4) is 5.75 Å². The molecule has 1 fully saturated rings. The lowest BCUT2D eigenvalue weighted by Gasteiger charge is -2.22. The first kappa shape index (κ1) is 17.2. The molecule has 0 saturated carbocycles. The van der Waals surface area contributed by atoms with E-state index in [2.05, 4.69) is 5.32 Å². The zero-order valence-corrected chi connectivity index (χ0v) is 14.4. The highest BCUT2D eigenvalue weighted by Crippen LogP contribution is 2.32. The van der Waals surface area contributed by atoms with Crippen molar-refractivity contribution in [2.24, 2.45) is 0 Å². The van der Waals surface area contributed by atoms with Crippen molar-refractivity contribution in [3.63, 3.8) is 0 Å². The van der Waals surface area contributed by atoms with E-state index in [4.69, 9.17) is 16.3 Å². The molecule has 1 heterocycles. The number of hydrogen-bond donors (Lipinski definition) is 1. The van der Waals surface area contributed by atoms with Gasteiger partial charge in [0.15, 0.2) is 0 Å². The molecule has 1 saturated heterocycles. The maximum absolute atomic E-state index is 13.1. The predicted octanol–water partition coefficient (Wildman–Crippen LogP) is 3.45. The fourth-order valence-electron chi connectivity index (χ4n) is 2.86. The fourth-order valence-corrected chi connectivity index (χ4v) is 3.06. The molecule has 1 N–H and O–H groups in total. The molecule has 3 amide bonds. The molecular weight excluding hydrogens is 347 g/mol. The Balaban J connectivity index is 1.92. The number of urea groups is 1. The maximum Gasteiger partial charge on any atom is 0.325 e. The second-order valence-corrected chi connectivity index (χ2v) is 6.35. The van der Waals surface area contributed by atoms with Crippen molar-refractivity contribution in [2.75, 3.05) is 7.11 Å². The number of carbonyl (C=O) groups is 2. The van der Waals surface area contributed by atoms with Crippen LogP contribution in [0.25, 0.3) is 0 Å². The second-order valence-electron chi connectivity index (χ2n) is 5.91. The van der Waals surface area contributed by atoms with E-state index in [1.165, 1.54) is 31.4 Å². The van der Waals surface area contributed by atoms with Gasteiger partial charge in [0.25, 0.3) is 5.91 Å². The number of nitrogens with one attached hydrogen (secondary N) is 1. The third-order valence-corrected chi connectivity index (χ3v) is 4.50. The Hall–Kier alpha value is -2.60. The smallest absolute Gasteiger partial charge is 0.325 e. The topological polar surface area (TPSA) is 58.6 Å². The van der Waals surface area contributed by atoms with Crippen molar-refractivity contribution in [2.45, 2.75) is 19.0 Å². The number of ether oxygens (including phenoxy) is 1. The van der Waals surface area contributed by atoms with E-state index in [0.717, 1.165) is 4.90 Å². The van der Waals surface area contributed by atoms with Crippen LogP contribution in [0.4, 0.5) is 9.18 Å². The van der Waals surface area contributed by atoms with Crippen LogP contribution in [0.1, 0.15) is 18.1 Å². The highest BCUT2D eigenvalue weighted by molar-refractivity contribution is 6.30. The molecule has 0 radical (unpaired) electrons. The van der Waals surface area contributed by atoms with E-state index >= 15 is 0 Å². The number of nitrogens with zero attached hydrogens (tertiary/aromatic N) is 1. The van der Waals surface area contributed by atoms with Crippen molar-refractivity contribution in [1.29, 1.82) is 0 Å². The molecular formula is C18H16ClFN2O3. The Labute approximate surface area is 149 Å².